The summed E-state index contributed by atoms with van der Waals surface area (Å²) < 4.78 is 16.6. The number of benzene rings is 1. The van der Waals surface area contributed by atoms with Gasteiger partial charge in [-0.3, -0.25) is 4.57 Å². The highest BCUT2D eigenvalue weighted by atomic mass is 32.1. The molecule has 20 heavy (non-hydrogen) atoms. The lowest BCUT2D eigenvalue weighted by Gasteiger charge is -2.22. The third-order valence-electron chi connectivity index (χ3n) is 3.89. The third kappa shape index (κ3) is 2.24. The van der Waals surface area contributed by atoms with Gasteiger partial charge in [0.2, 0.25) is 5.95 Å². The van der Waals surface area contributed by atoms with Gasteiger partial charge in [-0.1, -0.05) is 25.0 Å². The van der Waals surface area contributed by atoms with Gasteiger partial charge < -0.3 is 4.90 Å². The molecule has 1 heterocycles. The summed E-state index contributed by atoms with van der Waals surface area (Å²) >= 11 is 5.34. The summed E-state index contributed by atoms with van der Waals surface area (Å²) in [4.78, 5) is 1.75. The van der Waals surface area contributed by atoms with Crippen molar-refractivity contribution in [2.75, 3.05) is 11.9 Å². The van der Waals surface area contributed by atoms with E-state index in [0.717, 1.165) is 12.8 Å². The molecule has 2 aromatic rings. The zero-order valence-corrected chi connectivity index (χ0v) is 12.2. The van der Waals surface area contributed by atoms with Crippen LogP contribution in [0.4, 0.5) is 16.0 Å². The van der Waals surface area contributed by atoms with Crippen LogP contribution in [-0.2, 0) is 0 Å². The molecule has 1 aliphatic rings. The molecule has 1 aromatic heterocycles. The third-order valence-corrected chi connectivity index (χ3v) is 4.18. The highest BCUT2D eigenvalue weighted by Crippen LogP contribution is 2.34. The van der Waals surface area contributed by atoms with Crippen molar-refractivity contribution in [2.24, 2.45) is 0 Å². The number of rotatable bonds is 3. The molecule has 6 heteroatoms. The van der Waals surface area contributed by atoms with Crippen LogP contribution in [0.1, 0.15) is 31.7 Å². The lowest BCUT2D eigenvalue weighted by molar-refractivity contribution is 0.512. The first kappa shape index (κ1) is 13.3. The normalized spacial score (nSPS) is 15.7. The zero-order chi connectivity index (χ0) is 14.1. The first-order chi connectivity index (χ1) is 9.68. The Morgan fingerprint density at radius 1 is 1.35 bits per heavy atom. The number of hydrogen-bond acceptors (Lipinski definition) is 3. The van der Waals surface area contributed by atoms with Crippen molar-refractivity contribution in [3.8, 4) is 0 Å². The van der Waals surface area contributed by atoms with Crippen LogP contribution in [0.5, 0.6) is 0 Å². The van der Waals surface area contributed by atoms with E-state index in [1.165, 1.54) is 18.9 Å². The van der Waals surface area contributed by atoms with Gasteiger partial charge >= 0.3 is 0 Å². The van der Waals surface area contributed by atoms with Crippen molar-refractivity contribution in [1.82, 2.24) is 14.8 Å². The van der Waals surface area contributed by atoms with Crippen LogP contribution in [0.2, 0.25) is 0 Å². The van der Waals surface area contributed by atoms with Crippen molar-refractivity contribution in [3.05, 3.63) is 34.9 Å². The van der Waals surface area contributed by atoms with Crippen LogP contribution >= 0.6 is 12.2 Å². The quantitative estimate of drug-likeness (QED) is 0.870. The molecule has 106 valence electrons. The molecule has 1 saturated carbocycles. The van der Waals surface area contributed by atoms with Crippen molar-refractivity contribution < 1.29 is 4.39 Å². The van der Waals surface area contributed by atoms with E-state index in [-0.39, 0.29) is 5.82 Å². The molecule has 3 rings (SSSR count). The molecule has 0 amide bonds. The summed E-state index contributed by atoms with van der Waals surface area (Å²) in [6.07, 6.45) is 4.62. The topological polar surface area (TPSA) is 36.9 Å². The lowest BCUT2D eigenvalue weighted by Crippen LogP contribution is -2.19. The summed E-state index contributed by atoms with van der Waals surface area (Å²) in [5.74, 6) is 0.411. The molecule has 1 aromatic carbocycles. The van der Waals surface area contributed by atoms with Crippen molar-refractivity contribution in [3.63, 3.8) is 0 Å². The van der Waals surface area contributed by atoms with Crippen LogP contribution in [0.15, 0.2) is 24.3 Å². The van der Waals surface area contributed by atoms with Gasteiger partial charge in [0.05, 0.1) is 5.69 Å². The highest BCUT2D eigenvalue weighted by molar-refractivity contribution is 7.71. The molecule has 4 nitrogen and oxygen atoms in total. The van der Waals surface area contributed by atoms with Gasteiger partial charge in [0, 0.05) is 13.1 Å². The molecule has 1 aliphatic carbocycles. The Bertz CT molecular complexity index is 657. The van der Waals surface area contributed by atoms with E-state index in [9.17, 15) is 4.39 Å². The van der Waals surface area contributed by atoms with E-state index in [0.29, 0.717) is 22.4 Å². The van der Waals surface area contributed by atoms with Gasteiger partial charge in [-0.25, -0.2) is 9.49 Å². The second-order valence-corrected chi connectivity index (χ2v) is 5.53. The Morgan fingerprint density at radius 2 is 2.05 bits per heavy atom. The summed E-state index contributed by atoms with van der Waals surface area (Å²) in [5.41, 5.74) is 0.501. The number of nitrogens with zero attached hydrogens (tertiary/aromatic N) is 3. The number of hydrogen-bond donors (Lipinski definition) is 1. The van der Waals surface area contributed by atoms with Gasteiger partial charge in [0.25, 0.3) is 0 Å². The average molecular weight is 292 g/mol. The number of aromatic amines is 1. The molecule has 0 saturated heterocycles. The Labute approximate surface area is 122 Å². The lowest BCUT2D eigenvalue weighted by atomic mass is 10.2. The zero-order valence-electron chi connectivity index (χ0n) is 11.3. The maximum Gasteiger partial charge on any atom is 0.230 e. The van der Waals surface area contributed by atoms with Crippen LogP contribution in [0.25, 0.3) is 0 Å². The number of halogens is 1. The second kappa shape index (κ2) is 5.36. The maximum absolute atomic E-state index is 13.9. The maximum atomic E-state index is 13.9. The molecule has 1 N–H and O–H groups in total. The number of anilines is 2. The van der Waals surface area contributed by atoms with E-state index in [2.05, 4.69) is 10.2 Å². The van der Waals surface area contributed by atoms with Crippen LogP contribution in [0.3, 0.4) is 0 Å². The summed E-state index contributed by atoms with van der Waals surface area (Å²) in [6.45, 7) is 0. The first-order valence-corrected chi connectivity index (χ1v) is 7.24. The van der Waals surface area contributed by atoms with Gasteiger partial charge in [0.1, 0.15) is 5.82 Å². The second-order valence-electron chi connectivity index (χ2n) is 5.15. The standard InChI is InChI=1S/C14H17FN4S/c1-18(12-9-5-4-8-11(12)15)13-16-17-14(20)19(13)10-6-2-3-7-10/h4-5,8-10H,2-3,6-7H2,1H3,(H,17,20). The SMILES string of the molecule is CN(c1ccccc1F)c1n[nH]c(=S)n1C1CCCC1. The minimum absolute atomic E-state index is 0.262. The van der Waals surface area contributed by atoms with Crippen LogP contribution in [-0.4, -0.2) is 21.8 Å². The highest BCUT2D eigenvalue weighted by Gasteiger charge is 2.24. The molecule has 1 fully saturated rings. The monoisotopic (exact) mass is 292 g/mol. The predicted molar refractivity (Wildman–Crippen MR) is 79.4 cm³/mol. The Hall–Kier alpha value is -1.69. The van der Waals surface area contributed by atoms with Crippen molar-refractivity contribution >= 4 is 23.9 Å². The van der Waals surface area contributed by atoms with Gasteiger partial charge in [0.15, 0.2) is 4.77 Å². The van der Waals surface area contributed by atoms with E-state index in [1.807, 2.05) is 17.7 Å². The summed E-state index contributed by atoms with van der Waals surface area (Å²) in [6, 6.07) is 7.06. The van der Waals surface area contributed by atoms with Crippen molar-refractivity contribution in [1.29, 1.82) is 0 Å². The summed E-state index contributed by atoms with van der Waals surface area (Å²) in [5, 5.41) is 7.12. The fraction of sp³-hybridized carbons (Fsp3) is 0.429. The molecule has 0 aliphatic heterocycles. The van der Waals surface area contributed by atoms with Gasteiger partial charge in [-0.2, -0.15) is 0 Å². The van der Waals surface area contributed by atoms with Crippen molar-refractivity contribution in [2.45, 2.75) is 31.7 Å². The fourth-order valence-corrected chi connectivity index (χ4v) is 3.13. The molecule has 0 atom stereocenters. The average Bonchev–Trinajstić information content (AvgIpc) is 3.07. The largest absolute Gasteiger partial charge is 0.311 e. The van der Waals surface area contributed by atoms with E-state index in [4.69, 9.17) is 12.2 Å². The van der Waals surface area contributed by atoms with E-state index >= 15 is 0 Å². The molecule has 0 spiro atoms. The smallest absolute Gasteiger partial charge is 0.230 e. The minimum atomic E-state index is -0.262. The fourth-order valence-electron chi connectivity index (χ4n) is 2.86. The van der Waals surface area contributed by atoms with Gasteiger partial charge in [-0.15, -0.1) is 5.10 Å². The molecular formula is C14H17FN4S. The van der Waals surface area contributed by atoms with E-state index < -0.39 is 0 Å². The predicted octanol–water partition coefficient (Wildman–Crippen LogP) is 3.96. The van der Waals surface area contributed by atoms with Crippen LogP contribution < -0.4 is 4.90 Å². The molecular weight excluding hydrogens is 275 g/mol. The van der Waals surface area contributed by atoms with E-state index in [1.54, 1.807) is 17.0 Å². The molecule has 0 radical (unpaired) electrons. The summed E-state index contributed by atoms with van der Waals surface area (Å²) in [7, 11) is 1.81. The Balaban J connectivity index is 2.02. The molecule has 0 bridgehead atoms. The Morgan fingerprint density at radius 3 is 2.75 bits per heavy atom. The van der Waals surface area contributed by atoms with Crippen LogP contribution in [0, 0.1) is 10.6 Å². The number of para-hydroxylation sites is 1. The minimum Gasteiger partial charge on any atom is -0.311 e. The Kier molecular flexibility index (Phi) is 3.56. The first-order valence-electron chi connectivity index (χ1n) is 6.83. The number of nitrogens with one attached hydrogen (secondary N) is 1. The molecule has 0 unspecified atom stereocenters. The van der Waals surface area contributed by atoms with Gasteiger partial charge in [-0.05, 0) is 37.2 Å². The number of aromatic nitrogens is 3. The number of H-pyrrole nitrogens is 1.